The number of hydrogen-bond acceptors (Lipinski definition) is 2. The maximum atomic E-state index is 5.83. The molecular formula is C13H21BrN2. The van der Waals surface area contributed by atoms with Crippen LogP contribution in [0.15, 0.2) is 22.7 Å². The highest BCUT2D eigenvalue weighted by Gasteiger charge is 2.20. The van der Waals surface area contributed by atoms with Crippen molar-refractivity contribution in [3.05, 3.63) is 28.2 Å². The second kappa shape index (κ2) is 5.19. The molecule has 90 valence electrons. The molecule has 0 saturated carbocycles. The first-order valence-electron chi connectivity index (χ1n) is 5.61. The molecule has 1 aromatic carbocycles. The third kappa shape index (κ3) is 3.49. The van der Waals surface area contributed by atoms with E-state index in [4.69, 9.17) is 5.73 Å². The molecule has 0 aliphatic heterocycles. The van der Waals surface area contributed by atoms with Gasteiger partial charge < -0.3 is 5.73 Å². The summed E-state index contributed by atoms with van der Waals surface area (Å²) in [6, 6.07) is 6.08. The van der Waals surface area contributed by atoms with Gasteiger partial charge in [-0.15, -0.1) is 0 Å². The van der Waals surface area contributed by atoms with Crippen LogP contribution in [0.4, 0.5) is 5.69 Å². The Morgan fingerprint density at radius 1 is 1.31 bits per heavy atom. The number of rotatable bonds is 4. The Balaban J connectivity index is 2.80. The summed E-state index contributed by atoms with van der Waals surface area (Å²) >= 11 is 3.47. The van der Waals surface area contributed by atoms with Gasteiger partial charge in [0.25, 0.3) is 0 Å². The van der Waals surface area contributed by atoms with Gasteiger partial charge in [0, 0.05) is 22.2 Å². The standard InChI is InChI=1S/C13H21BrN2/c1-5-13(2,3)16(4)9-10-6-11(14)8-12(15)7-10/h6-8H,5,9,15H2,1-4H3. The molecule has 1 aromatic rings. The SMILES string of the molecule is CCC(C)(C)N(C)Cc1cc(N)cc(Br)c1. The number of nitrogen functional groups attached to an aromatic ring is 1. The zero-order chi connectivity index (χ0) is 12.3. The van der Waals surface area contributed by atoms with Crippen molar-refractivity contribution in [3.63, 3.8) is 0 Å². The van der Waals surface area contributed by atoms with E-state index in [9.17, 15) is 0 Å². The third-order valence-electron chi connectivity index (χ3n) is 3.30. The van der Waals surface area contributed by atoms with Crippen LogP contribution in [0, 0.1) is 0 Å². The summed E-state index contributed by atoms with van der Waals surface area (Å²) in [7, 11) is 2.15. The summed E-state index contributed by atoms with van der Waals surface area (Å²) in [4.78, 5) is 2.36. The number of halogens is 1. The van der Waals surface area contributed by atoms with Crippen molar-refractivity contribution < 1.29 is 0 Å². The van der Waals surface area contributed by atoms with Crippen LogP contribution >= 0.6 is 15.9 Å². The third-order valence-corrected chi connectivity index (χ3v) is 3.76. The van der Waals surface area contributed by atoms with E-state index >= 15 is 0 Å². The van der Waals surface area contributed by atoms with Crippen LogP contribution in [0.5, 0.6) is 0 Å². The molecule has 2 nitrogen and oxygen atoms in total. The summed E-state index contributed by atoms with van der Waals surface area (Å²) in [5.74, 6) is 0. The van der Waals surface area contributed by atoms with Crippen molar-refractivity contribution in [1.29, 1.82) is 0 Å². The predicted octanol–water partition coefficient (Wildman–Crippen LogP) is 3.65. The molecule has 0 radical (unpaired) electrons. The fraction of sp³-hybridized carbons (Fsp3) is 0.538. The van der Waals surface area contributed by atoms with Gasteiger partial charge in [-0.25, -0.2) is 0 Å². The van der Waals surface area contributed by atoms with E-state index in [1.165, 1.54) is 5.56 Å². The van der Waals surface area contributed by atoms with Crippen LogP contribution in [0.2, 0.25) is 0 Å². The van der Waals surface area contributed by atoms with Crippen molar-refractivity contribution >= 4 is 21.6 Å². The second-order valence-corrected chi connectivity index (χ2v) is 5.83. The quantitative estimate of drug-likeness (QED) is 0.856. The molecule has 0 bridgehead atoms. The number of anilines is 1. The maximum Gasteiger partial charge on any atom is 0.0328 e. The van der Waals surface area contributed by atoms with Crippen LogP contribution in [0.25, 0.3) is 0 Å². The van der Waals surface area contributed by atoms with Gasteiger partial charge in [-0.2, -0.15) is 0 Å². The molecule has 2 N–H and O–H groups in total. The summed E-state index contributed by atoms with van der Waals surface area (Å²) in [5.41, 5.74) is 8.11. The molecule has 3 heteroatoms. The summed E-state index contributed by atoms with van der Waals surface area (Å²) in [6.45, 7) is 7.65. The highest BCUT2D eigenvalue weighted by atomic mass is 79.9. The van der Waals surface area contributed by atoms with Crippen molar-refractivity contribution in [2.45, 2.75) is 39.3 Å². The maximum absolute atomic E-state index is 5.83. The Kier molecular flexibility index (Phi) is 4.39. The number of nitrogens with zero attached hydrogens (tertiary/aromatic N) is 1. The highest BCUT2D eigenvalue weighted by Crippen LogP contribution is 2.22. The molecule has 0 fully saturated rings. The van der Waals surface area contributed by atoms with E-state index in [-0.39, 0.29) is 5.54 Å². The largest absolute Gasteiger partial charge is 0.399 e. The lowest BCUT2D eigenvalue weighted by molar-refractivity contribution is 0.143. The Morgan fingerprint density at radius 3 is 2.44 bits per heavy atom. The first kappa shape index (κ1) is 13.5. The molecule has 0 aliphatic carbocycles. The molecule has 0 aromatic heterocycles. The van der Waals surface area contributed by atoms with E-state index < -0.39 is 0 Å². The fourth-order valence-electron chi connectivity index (χ4n) is 1.52. The molecule has 0 saturated heterocycles. The predicted molar refractivity (Wildman–Crippen MR) is 74.4 cm³/mol. The van der Waals surface area contributed by atoms with E-state index in [0.29, 0.717) is 0 Å². The molecular weight excluding hydrogens is 264 g/mol. The Labute approximate surface area is 107 Å². The highest BCUT2D eigenvalue weighted by molar-refractivity contribution is 9.10. The van der Waals surface area contributed by atoms with Crippen LogP contribution in [0.1, 0.15) is 32.8 Å². The molecule has 0 aliphatic rings. The molecule has 1 rings (SSSR count). The van der Waals surface area contributed by atoms with Gasteiger partial charge in [0.15, 0.2) is 0 Å². The van der Waals surface area contributed by atoms with E-state index in [1.807, 2.05) is 12.1 Å². The van der Waals surface area contributed by atoms with Gasteiger partial charge in [0.05, 0.1) is 0 Å². The normalized spacial score (nSPS) is 12.1. The Hall–Kier alpha value is -0.540. The zero-order valence-electron chi connectivity index (χ0n) is 10.5. The van der Waals surface area contributed by atoms with E-state index in [2.05, 4.69) is 54.7 Å². The number of benzene rings is 1. The van der Waals surface area contributed by atoms with Crippen LogP contribution < -0.4 is 5.73 Å². The molecule has 0 amide bonds. The van der Waals surface area contributed by atoms with Crippen molar-refractivity contribution in [3.8, 4) is 0 Å². The van der Waals surface area contributed by atoms with Gasteiger partial charge in [-0.3, -0.25) is 4.90 Å². The van der Waals surface area contributed by atoms with E-state index in [1.54, 1.807) is 0 Å². The molecule has 0 unspecified atom stereocenters. The first-order chi connectivity index (χ1) is 7.35. The molecule has 0 spiro atoms. The van der Waals surface area contributed by atoms with E-state index in [0.717, 1.165) is 23.1 Å². The Bertz CT molecular complexity index is 341. The molecule has 0 atom stereocenters. The minimum atomic E-state index is 0.219. The fourth-order valence-corrected chi connectivity index (χ4v) is 2.08. The van der Waals surface area contributed by atoms with Gasteiger partial charge >= 0.3 is 0 Å². The number of hydrogen-bond donors (Lipinski definition) is 1. The lowest BCUT2D eigenvalue weighted by atomic mass is 9.99. The smallest absolute Gasteiger partial charge is 0.0328 e. The lowest BCUT2D eigenvalue weighted by Gasteiger charge is -2.35. The van der Waals surface area contributed by atoms with Gasteiger partial charge in [0.1, 0.15) is 0 Å². The van der Waals surface area contributed by atoms with Crippen LogP contribution in [0.3, 0.4) is 0 Å². The minimum Gasteiger partial charge on any atom is -0.399 e. The van der Waals surface area contributed by atoms with Crippen molar-refractivity contribution in [2.24, 2.45) is 0 Å². The number of nitrogens with two attached hydrogens (primary N) is 1. The average molecular weight is 285 g/mol. The zero-order valence-corrected chi connectivity index (χ0v) is 12.1. The van der Waals surface area contributed by atoms with Crippen LogP contribution in [-0.2, 0) is 6.54 Å². The first-order valence-corrected chi connectivity index (χ1v) is 6.40. The minimum absolute atomic E-state index is 0.219. The molecule has 16 heavy (non-hydrogen) atoms. The van der Waals surface area contributed by atoms with Gasteiger partial charge in [-0.05, 0) is 51.1 Å². The monoisotopic (exact) mass is 284 g/mol. The van der Waals surface area contributed by atoms with Gasteiger partial charge in [-0.1, -0.05) is 22.9 Å². The Morgan fingerprint density at radius 2 is 1.94 bits per heavy atom. The topological polar surface area (TPSA) is 29.3 Å². The average Bonchev–Trinajstić information content (AvgIpc) is 2.15. The lowest BCUT2D eigenvalue weighted by Crippen LogP contribution is -2.39. The summed E-state index contributed by atoms with van der Waals surface area (Å²) in [6.07, 6.45) is 1.13. The van der Waals surface area contributed by atoms with Crippen molar-refractivity contribution in [1.82, 2.24) is 4.90 Å². The summed E-state index contributed by atoms with van der Waals surface area (Å²) in [5, 5.41) is 0. The molecule has 0 heterocycles. The second-order valence-electron chi connectivity index (χ2n) is 4.91. The summed E-state index contributed by atoms with van der Waals surface area (Å²) < 4.78 is 1.05. The van der Waals surface area contributed by atoms with Crippen LogP contribution in [-0.4, -0.2) is 17.5 Å². The van der Waals surface area contributed by atoms with Gasteiger partial charge in [0.2, 0.25) is 0 Å². The van der Waals surface area contributed by atoms with Crippen molar-refractivity contribution in [2.75, 3.05) is 12.8 Å².